The van der Waals surface area contributed by atoms with Crippen molar-refractivity contribution in [3.05, 3.63) is 17.5 Å². The number of halogens is 1. The first-order valence-electron chi connectivity index (χ1n) is 6.49. The highest BCUT2D eigenvalue weighted by molar-refractivity contribution is 6.18. The van der Waals surface area contributed by atoms with Gasteiger partial charge in [0, 0.05) is 31.6 Å². The zero-order chi connectivity index (χ0) is 14.3. The van der Waals surface area contributed by atoms with Crippen molar-refractivity contribution in [3.63, 3.8) is 0 Å². The molecule has 1 aromatic heterocycles. The van der Waals surface area contributed by atoms with Crippen molar-refractivity contribution in [2.45, 2.75) is 39.3 Å². The van der Waals surface area contributed by atoms with Crippen LogP contribution < -0.4 is 0 Å². The van der Waals surface area contributed by atoms with Gasteiger partial charge in [0.05, 0.1) is 0 Å². The van der Waals surface area contributed by atoms with Crippen molar-refractivity contribution >= 4 is 17.5 Å². The lowest BCUT2D eigenvalue weighted by Crippen LogP contribution is -2.41. The summed E-state index contributed by atoms with van der Waals surface area (Å²) in [6.07, 6.45) is 1.78. The van der Waals surface area contributed by atoms with Gasteiger partial charge in [-0.15, -0.1) is 11.6 Å². The van der Waals surface area contributed by atoms with Crippen LogP contribution in [0.2, 0.25) is 0 Å². The number of aromatic nitrogens is 1. The maximum Gasteiger partial charge on any atom is 0.276 e. The second-order valence-corrected chi connectivity index (χ2v) is 4.65. The van der Waals surface area contributed by atoms with E-state index in [9.17, 15) is 4.79 Å². The summed E-state index contributed by atoms with van der Waals surface area (Å²) in [7, 11) is 1.56. The van der Waals surface area contributed by atoms with Gasteiger partial charge >= 0.3 is 0 Å². The highest BCUT2D eigenvalue weighted by atomic mass is 35.5. The molecule has 1 amide bonds. The Morgan fingerprint density at radius 3 is 2.74 bits per heavy atom. The third-order valence-corrected chi connectivity index (χ3v) is 3.20. The average molecular weight is 289 g/mol. The van der Waals surface area contributed by atoms with E-state index in [0.29, 0.717) is 30.5 Å². The van der Waals surface area contributed by atoms with Crippen LogP contribution in [0.5, 0.6) is 0 Å². The Morgan fingerprint density at radius 1 is 1.53 bits per heavy atom. The second-order valence-electron chi connectivity index (χ2n) is 4.27. The summed E-state index contributed by atoms with van der Waals surface area (Å²) in [5.41, 5.74) is 0.309. The number of amides is 1. The lowest BCUT2D eigenvalue weighted by atomic mass is 10.1. The lowest BCUT2D eigenvalue weighted by Gasteiger charge is -2.29. The van der Waals surface area contributed by atoms with Gasteiger partial charge in [0.1, 0.15) is 6.61 Å². The molecule has 19 heavy (non-hydrogen) atoms. The molecule has 108 valence electrons. The summed E-state index contributed by atoms with van der Waals surface area (Å²) < 4.78 is 9.98. The number of carbonyl (C=O) groups excluding carboxylic acids is 1. The fourth-order valence-electron chi connectivity index (χ4n) is 2.04. The van der Waals surface area contributed by atoms with E-state index in [4.69, 9.17) is 20.9 Å². The molecule has 0 radical (unpaired) electrons. The van der Waals surface area contributed by atoms with Crippen molar-refractivity contribution in [2.24, 2.45) is 0 Å². The second kappa shape index (κ2) is 8.17. The number of carbonyl (C=O) groups is 1. The van der Waals surface area contributed by atoms with E-state index in [-0.39, 0.29) is 11.9 Å². The van der Waals surface area contributed by atoms with E-state index in [1.807, 2.05) is 0 Å². The van der Waals surface area contributed by atoms with Crippen LogP contribution in [0.1, 0.15) is 42.9 Å². The molecule has 0 aliphatic carbocycles. The normalized spacial score (nSPS) is 11.0. The van der Waals surface area contributed by atoms with Crippen LogP contribution in [-0.2, 0) is 11.3 Å². The van der Waals surface area contributed by atoms with Crippen molar-refractivity contribution < 1.29 is 14.1 Å². The molecule has 1 rings (SSSR count). The number of ether oxygens (including phenoxy) is 1. The number of methoxy groups -OCH3 is 1. The van der Waals surface area contributed by atoms with Gasteiger partial charge in [-0.2, -0.15) is 0 Å². The number of alkyl halides is 1. The molecular formula is C13H21ClN2O3. The zero-order valence-corrected chi connectivity index (χ0v) is 12.4. The molecule has 5 nitrogen and oxygen atoms in total. The number of hydrogen-bond acceptors (Lipinski definition) is 4. The molecule has 0 aliphatic rings. The Morgan fingerprint density at radius 2 is 2.21 bits per heavy atom. The maximum atomic E-state index is 12.4. The van der Waals surface area contributed by atoms with E-state index in [1.165, 1.54) is 0 Å². The molecule has 0 aliphatic heterocycles. The van der Waals surface area contributed by atoms with Crippen LogP contribution in [0.25, 0.3) is 0 Å². The average Bonchev–Trinajstić information content (AvgIpc) is 2.87. The standard InChI is InChI=1S/C13H21ClN2O3/c1-4-10(5-2)16(7-6-14)13(17)12-8-11(9-18-3)19-15-12/h8,10H,4-7,9H2,1-3H3. The van der Waals surface area contributed by atoms with Gasteiger partial charge < -0.3 is 14.2 Å². The number of hydrogen-bond donors (Lipinski definition) is 0. The van der Waals surface area contributed by atoms with Crippen LogP contribution >= 0.6 is 11.6 Å². The number of rotatable bonds is 8. The first kappa shape index (κ1) is 16.0. The molecule has 1 aromatic rings. The number of nitrogens with zero attached hydrogens (tertiary/aromatic N) is 2. The zero-order valence-electron chi connectivity index (χ0n) is 11.7. The first-order chi connectivity index (χ1) is 9.17. The summed E-state index contributed by atoms with van der Waals surface area (Å²) in [5.74, 6) is 0.812. The monoisotopic (exact) mass is 288 g/mol. The summed E-state index contributed by atoms with van der Waals surface area (Å²) in [4.78, 5) is 14.2. The highest BCUT2D eigenvalue weighted by Crippen LogP contribution is 2.14. The molecule has 0 saturated heterocycles. The molecule has 0 unspecified atom stereocenters. The summed E-state index contributed by atoms with van der Waals surface area (Å²) in [6.45, 7) is 4.93. The van der Waals surface area contributed by atoms with Crippen LogP contribution in [0.15, 0.2) is 10.6 Å². The van der Waals surface area contributed by atoms with E-state index in [2.05, 4.69) is 19.0 Å². The van der Waals surface area contributed by atoms with Crippen molar-refractivity contribution in [1.82, 2.24) is 10.1 Å². The first-order valence-corrected chi connectivity index (χ1v) is 7.02. The fraction of sp³-hybridized carbons (Fsp3) is 0.692. The molecule has 6 heteroatoms. The summed E-state index contributed by atoms with van der Waals surface area (Å²) in [5, 5.41) is 3.80. The Bertz CT molecular complexity index is 391. The van der Waals surface area contributed by atoms with Gasteiger partial charge in [0.2, 0.25) is 0 Å². The molecule has 0 saturated carbocycles. The predicted molar refractivity (Wildman–Crippen MR) is 73.3 cm³/mol. The van der Waals surface area contributed by atoms with Crippen LogP contribution in [0.4, 0.5) is 0 Å². The molecule has 0 bridgehead atoms. The van der Waals surface area contributed by atoms with Gasteiger partial charge in [-0.1, -0.05) is 19.0 Å². The third kappa shape index (κ3) is 4.21. The molecule has 0 spiro atoms. The SMILES string of the molecule is CCC(CC)N(CCCl)C(=O)c1cc(COC)on1. The predicted octanol–water partition coefficient (Wildman–Crippen LogP) is 2.69. The minimum atomic E-state index is -0.138. The van der Waals surface area contributed by atoms with E-state index in [0.717, 1.165) is 12.8 Å². The van der Waals surface area contributed by atoms with Gasteiger partial charge in [-0.05, 0) is 12.8 Å². The Hall–Kier alpha value is -1.07. The quantitative estimate of drug-likeness (QED) is 0.690. The smallest absolute Gasteiger partial charge is 0.276 e. The van der Waals surface area contributed by atoms with Crippen molar-refractivity contribution in [3.8, 4) is 0 Å². The molecular weight excluding hydrogens is 268 g/mol. The maximum absolute atomic E-state index is 12.4. The molecule has 0 aromatic carbocycles. The Balaban J connectivity index is 2.85. The molecule has 1 heterocycles. The van der Waals surface area contributed by atoms with Crippen LogP contribution in [0, 0.1) is 0 Å². The summed E-state index contributed by atoms with van der Waals surface area (Å²) in [6, 6.07) is 1.80. The fourth-order valence-corrected chi connectivity index (χ4v) is 2.22. The minimum Gasteiger partial charge on any atom is -0.377 e. The van der Waals surface area contributed by atoms with Gasteiger partial charge in [-0.25, -0.2) is 0 Å². The van der Waals surface area contributed by atoms with Gasteiger partial charge in [0.15, 0.2) is 11.5 Å². The topological polar surface area (TPSA) is 55.6 Å². The van der Waals surface area contributed by atoms with Crippen molar-refractivity contribution in [1.29, 1.82) is 0 Å². The van der Waals surface area contributed by atoms with Gasteiger partial charge in [0.25, 0.3) is 5.91 Å². The van der Waals surface area contributed by atoms with Crippen LogP contribution in [-0.4, -0.2) is 41.5 Å². The van der Waals surface area contributed by atoms with Crippen LogP contribution in [0.3, 0.4) is 0 Å². The van der Waals surface area contributed by atoms with E-state index in [1.54, 1.807) is 18.1 Å². The largest absolute Gasteiger partial charge is 0.377 e. The molecule has 0 N–H and O–H groups in total. The Kier molecular flexibility index (Phi) is 6.87. The Labute approximate surface area is 118 Å². The van der Waals surface area contributed by atoms with Crippen molar-refractivity contribution in [2.75, 3.05) is 19.5 Å². The molecule has 0 atom stereocenters. The molecule has 0 fully saturated rings. The van der Waals surface area contributed by atoms with E-state index < -0.39 is 0 Å². The van der Waals surface area contributed by atoms with E-state index >= 15 is 0 Å². The lowest BCUT2D eigenvalue weighted by molar-refractivity contribution is 0.0670. The summed E-state index contributed by atoms with van der Waals surface area (Å²) >= 11 is 5.78. The minimum absolute atomic E-state index is 0.138. The highest BCUT2D eigenvalue weighted by Gasteiger charge is 2.24. The van der Waals surface area contributed by atoms with Gasteiger partial charge in [-0.3, -0.25) is 4.79 Å². The third-order valence-electron chi connectivity index (χ3n) is 3.03.